The molecule has 154 valence electrons. The van der Waals surface area contributed by atoms with E-state index in [9.17, 15) is 35.2 Å². The van der Waals surface area contributed by atoms with E-state index < -0.39 is 50.5 Å². The maximum absolute atomic E-state index is 14.6. The molecule has 0 aliphatic rings. The molecule has 7 nitrogen and oxygen atoms in total. The van der Waals surface area contributed by atoms with Crippen LogP contribution in [-0.2, 0) is 17.1 Å². The van der Waals surface area contributed by atoms with Gasteiger partial charge in [-0.2, -0.15) is 22.3 Å². The van der Waals surface area contributed by atoms with Crippen molar-refractivity contribution in [2.24, 2.45) is 7.05 Å². The lowest BCUT2D eigenvalue weighted by Crippen LogP contribution is -2.43. The molecule has 28 heavy (non-hydrogen) atoms. The molecule has 0 saturated heterocycles. The highest BCUT2D eigenvalue weighted by molar-refractivity contribution is 9.10. The van der Waals surface area contributed by atoms with E-state index in [-0.39, 0.29) is 10.3 Å². The monoisotopic (exact) mass is 490 g/mol. The van der Waals surface area contributed by atoms with Crippen molar-refractivity contribution in [1.82, 2.24) is 14.3 Å². The Bertz CT molecular complexity index is 1000. The predicted molar refractivity (Wildman–Crippen MR) is 91.1 cm³/mol. The molecule has 0 aliphatic carbocycles. The van der Waals surface area contributed by atoms with Crippen LogP contribution in [0, 0.1) is 11.8 Å². The highest BCUT2D eigenvalue weighted by Crippen LogP contribution is 2.25. The number of anilines is 1. The molecule has 0 aliphatic heterocycles. The number of amides is 1. The van der Waals surface area contributed by atoms with Crippen molar-refractivity contribution in [3.8, 4) is 0 Å². The molecule has 2 N–H and O–H groups in total. The summed E-state index contributed by atoms with van der Waals surface area (Å²) in [5, 5.41) is 2.15. The lowest BCUT2D eigenvalue weighted by Gasteiger charge is -2.16. The number of halogens is 6. The molecule has 2 rings (SSSR count). The molecular formula is C14H12BrF5N4O3S. The summed E-state index contributed by atoms with van der Waals surface area (Å²) in [5.41, 5.74) is -0.897. The first kappa shape index (κ1) is 22.2. The van der Waals surface area contributed by atoms with Crippen LogP contribution in [0.25, 0.3) is 0 Å². The summed E-state index contributed by atoms with van der Waals surface area (Å²) in [4.78, 5) is 14.5. The van der Waals surface area contributed by atoms with Crippen molar-refractivity contribution in [3.05, 3.63) is 40.4 Å². The van der Waals surface area contributed by atoms with Crippen molar-refractivity contribution < 1.29 is 35.2 Å². The third-order valence-corrected chi connectivity index (χ3v) is 5.37. The second-order valence-corrected chi connectivity index (χ2v) is 8.10. The number of carbonyl (C=O) groups is 1. The van der Waals surface area contributed by atoms with Gasteiger partial charge in [0.05, 0.1) is 0 Å². The average Bonchev–Trinajstić information content (AvgIpc) is 2.80. The summed E-state index contributed by atoms with van der Waals surface area (Å²) >= 11 is 2.90. The summed E-state index contributed by atoms with van der Waals surface area (Å²) in [6, 6.07) is -0.453. The maximum atomic E-state index is 14.6. The van der Waals surface area contributed by atoms with E-state index in [0.29, 0.717) is 13.1 Å². The van der Waals surface area contributed by atoms with Crippen molar-refractivity contribution >= 4 is 37.5 Å². The Morgan fingerprint density at radius 3 is 2.43 bits per heavy atom. The first-order valence-electron chi connectivity index (χ1n) is 7.30. The normalized spacial score (nSPS) is 13.4. The minimum atomic E-state index is -4.92. The molecular weight excluding hydrogens is 479 g/mol. The smallest absolute Gasteiger partial charge is 0.343 e. The Balaban J connectivity index is 2.36. The van der Waals surface area contributed by atoms with Crippen LogP contribution in [0.3, 0.4) is 0 Å². The van der Waals surface area contributed by atoms with Crippen LogP contribution >= 0.6 is 15.9 Å². The molecule has 2 aromatic heterocycles. The zero-order chi connectivity index (χ0) is 21.4. The zero-order valence-corrected chi connectivity index (χ0v) is 16.5. The third-order valence-electron chi connectivity index (χ3n) is 3.44. The topological polar surface area (TPSA) is 93.1 Å². The van der Waals surface area contributed by atoms with Crippen LogP contribution in [0.5, 0.6) is 0 Å². The second kappa shape index (κ2) is 7.75. The molecule has 0 bridgehead atoms. The largest absolute Gasteiger partial charge is 0.404 e. The van der Waals surface area contributed by atoms with Gasteiger partial charge in [-0.3, -0.25) is 4.79 Å². The molecule has 14 heteroatoms. The summed E-state index contributed by atoms with van der Waals surface area (Å²) in [7, 11) is -3.80. The van der Waals surface area contributed by atoms with Gasteiger partial charge in [0, 0.05) is 25.0 Å². The number of pyridine rings is 1. The van der Waals surface area contributed by atoms with Gasteiger partial charge in [0.1, 0.15) is 21.2 Å². The van der Waals surface area contributed by atoms with Gasteiger partial charge in [0.15, 0.2) is 5.82 Å². The third kappa shape index (κ3) is 4.86. The Kier molecular flexibility index (Phi) is 6.16. The number of hydrogen-bond acceptors (Lipinski definition) is 4. The van der Waals surface area contributed by atoms with Gasteiger partial charge >= 0.3 is 6.18 Å². The summed E-state index contributed by atoms with van der Waals surface area (Å²) in [6.45, 7) is 0.544. The Morgan fingerprint density at radius 1 is 1.29 bits per heavy atom. The fraction of sp³-hybridized carbons (Fsp3) is 0.286. The highest BCUT2D eigenvalue weighted by Gasteiger charge is 2.40. The van der Waals surface area contributed by atoms with Crippen LogP contribution in [0.15, 0.2) is 27.8 Å². The molecule has 0 aromatic carbocycles. The van der Waals surface area contributed by atoms with Crippen molar-refractivity contribution in [1.29, 1.82) is 0 Å². The minimum Gasteiger partial charge on any atom is -0.343 e. The number of rotatable bonds is 5. The number of nitrogens with zero attached hydrogens (tertiary/aromatic N) is 2. The Labute approximate surface area is 164 Å². The van der Waals surface area contributed by atoms with Gasteiger partial charge in [-0.25, -0.2) is 17.8 Å². The molecule has 0 unspecified atom stereocenters. The summed E-state index contributed by atoms with van der Waals surface area (Å²) in [5.74, 6) is -3.66. The minimum absolute atomic E-state index is 0.0313. The lowest BCUT2D eigenvalue weighted by molar-refractivity contribution is -0.147. The van der Waals surface area contributed by atoms with E-state index in [1.54, 1.807) is 0 Å². The van der Waals surface area contributed by atoms with Gasteiger partial charge in [-0.05, 0) is 28.9 Å². The number of alkyl halides is 3. The van der Waals surface area contributed by atoms with Crippen molar-refractivity contribution in [2.45, 2.75) is 24.0 Å². The Hall–Kier alpha value is -2.06. The number of carbonyl (C=O) groups excluding carboxylic acids is 1. The second-order valence-electron chi connectivity index (χ2n) is 5.61. The molecule has 2 aromatic rings. The van der Waals surface area contributed by atoms with Gasteiger partial charge in [0.2, 0.25) is 16.0 Å². The van der Waals surface area contributed by atoms with Crippen molar-refractivity contribution in [3.63, 3.8) is 0 Å². The lowest BCUT2D eigenvalue weighted by atomic mass is 10.3. The maximum Gasteiger partial charge on any atom is 0.404 e. The van der Waals surface area contributed by atoms with Gasteiger partial charge < -0.3 is 9.88 Å². The first-order valence-corrected chi connectivity index (χ1v) is 9.58. The molecule has 0 radical (unpaired) electrons. The molecule has 0 spiro atoms. The molecule has 1 atom stereocenters. The fourth-order valence-corrected chi connectivity index (χ4v) is 3.88. The van der Waals surface area contributed by atoms with Crippen LogP contribution in [0.1, 0.15) is 17.4 Å². The number of sulfonamides is 1. The Morgan fingerprint density at radius 2 is 1.89 bits per heavy atom. The van der Waals surface area contributed by atoms with E-state index in [2.05, 4.69) is 26.2 Å². The van der Waals surface area contributed by atoms with E-state index >= 15 is 0 Å². The molecule has 1 amide bonds. The highest BCUT2D eigenvalue weighted by atomic mass is 79.9. The summed E-state index contributed by atoms with van der Waals surface area (Å²) in [6.07, 6.45) is -4.24. The zero-order valence-electron chi connectivity index (χ0n) is 14.1. The number of aromatic nitrogens is 2. The predicted octanol–water partition coefficient (Wildman–Crippen LogP) is 2.94. The SMILES string of the molecule is C[C@@H](NS(=O)(=O)c1cn(C)c(C(=O)Nc2cc(F)nc(Br)c2)c1F)C(F)(F)F. The number of aryl methyl sites for hydroxylation is 1. The summed E-state index contributed by atoms with van der Waals surface area (Å²) < 4.78 is 91.9. The van der Waals surface area contributed by atoms with Crippen LogP contribution in [0.4, 0.5) is 27.6 Å². The van der Waals surface area contributed by atoms with Gasteiger partial charge in [-0.15, -0.1) is 0 Å². The molecule has 2 heterocycles. The fourth-order valence-electron chi connectivity index (χ4n) is 2.11. The number of nitrogens with one attached hydrogen (secondary N) is 2. The van der Waals surface area contributed by atoms with E-state index in [4.69, 9.17) is 0 Å². The van der Waals surface area contributed by atoms with Gasteiger partial charge in [0.25, 0.3) is 5.91 Å². The van der Waals surface area contributed by atoms with E-state index in [1.807, 2.05) is 0 Å². The van der Waals surface area contributed by atoms with Gasteiger partial charge in [-0.1, -0.05) is 0 Å². The standard InChI is InChI=1S/C14H12BrF5N4O3S/c1-6(14(18,19)20)23-28(26,27)8-5-24(2)12(11(8)17)13(25)21-7-3-9(15)22-10(16)4-7/h3-6,23H,1-2H3,(H,21,22,25)/t6-/m1/s1. The first-order chi connectivity index (χ1) is 12.7. The van der Waals surface area contributed by atoms with Crippen LogP contribution in [0.2, 0.25) is 0 Å². The quantitative estimate of drug-likeness (QED) is 0.497. The number of hydrogen-bond donors (Lipinski definition) is 2. The average molecular weight is 491 g/mol. The van der Waals surface area contributed by atoms with Crippen LogP contribution < -0.4 is 10.0 Å². The molecule has 0 fully saturated rings. The van der Waals surface area contributed by atoms with E-state index in [0.717, 1.165) is 17.7 Å². The van der Waals surface area contributed by atoms with Crippen molar-refractivity contribution in [2.75, 3.05) is 5.32 Å². The molecule has 0 saturated carbocycles. The van der Waals surface area contributed by atoms with Crippen LogP contribution in [-0.4, -0.2) is 36.1 Å². The van der Waals surface area contributed by atoms with E-state index in [1.165, 1.54) is 10.8 Å².